The molecule has 1 aromatic heterocycles. The third-order valence-corrected chi connectivity index (χ3v) is 5.43. The molecule has 0 radical (unpaired) electrons. The average molecular weight is 310 g/mol. The highest BCUT2D eigenvalue weighted by molar-refractivity contribution is 9.11. The number of nitrogens with two attached hydrogens (primary N) is 1. The molecule has 0 aliphatic rings. The van der Waals surface area contributed by atoms with Crippen molar-refractivity contribution in [2.45, 2.75) is 30.4 Å². The highest BCUT2D eigenvalue weighted by Crippen LogP contribution is 2.39. The van der Waals surface area contributed by atoms with Gasteiger partial charge in [0.15, 0.2) is 0 Å². The molecule has 1 rings (SSSR count). The van der Waals surface area contributed by atoms with Gasteiger partial charge in [0.1, 0.15) is 0 Å². The van der Waals surface area contributed by atoms with Crippen molar-refractivity contribution in [3.8, 4) is 0 Å². The van der Waals surface area contributed by atoms with E-state index in [1.165, 1.54) is 4.88 Å². The van der Waals surface area contributed by atoms with Crippen molar-refractivity contribution in [2.24, 2.45) is 5.73 Å². The Morgan fingerprint density at radius 3 is 2.60 bits per heavy atom. The van der Waals surface area contributed by atoms with Crippen LogP contribution >= 0.6 is 39.0 Å². The molecule has 3 unspecified atom stereocenters. The van der Waals surface area contributed by atoms with Crippen LogP contribution in [0.15, 0.2) is 15.9 Å². The summed E-state index contributed by atoms with van der Waals surface area (Å²) in [5, 5.41) is 9.54. The molecular weight excluding hydrogens is 294 g/mol. The van der Waals surface area contributed by atoms with Crippen LogP contribution in [0.5, 0.6) is 0 Å². The van der Waals surface area contributed by atoms with E-state index < -0.39 is 0 Å². The van der Waals surface area contributed by atoms with E-state index in [0.29, 0.717) is 0 Å². The van der Waals surface area contributed by atoms with E-state index in [1.54, 1.807) is 23.1 Å². The fourth-order valence-electron chi connectivity index (χ4n) is 1.22. The van der Waals surface area contributed by atoms with Crippen molar-refractivity contribution in [1.82, 2.24) is 0 Å². The van der Waals surface area contributed by atoms with E-state index in [4.69, 9.17) is 10.8 Å². The molecule has 0 aromatic carbocycles. The summed E-state index contributed by atoms with van der Waals surface area (Å²) >= 11 is 6.90. The minimum absolute atomic E-state index is 0.0922. The topological polar surface area (TPSA) is 46.2 Å². The predicted octanol–water partition coefficient (Wildman–Crippen LogP) is 3.01. The van der Waals surface area contributed by atoms with Crippen LogP contribution in [0.3, 0.4) is 0 Å². The van der Waals surface area contributed by atoms with Crippen LogP contribution in [0.1, 0.15) is 24.0 Å². The number of hydrogen-bond donors (Lipinski definition) is 2. The lowest BCUT2D eigenvalue weighted by Crippen LogP contribution is -2.24. The average Bonchev–Trinajstić information content (AvgIpc) is 2.60. The minimum atomic E-state index is 0.0922. The first kappa shape index (κ1) is 13.5. The van der Waals surface area contributed by atoms with Gasteiger partial charge in [0, 0.05) is 16.2 Å². The summed E-state index contributed by atoms with van der Waals surface area (Å²) in [5.74, 6) is 0. The summed E-state index contributed by atoms with van der Waals surface area (Å²) in [6.45, 7) is 4.22. The fraction of sp³-hybridized carbons (Fsp3) is 0.600. The molecule has 3 N–H and O–H groups in total. The van der Waals surface area contributed by atoms with Gasteiger partial charge in [-0.25, -0.2) is 0 Å². The summed E-state index contributed by atoms with van der Waals surface area (Å²) in [7, 11) is 0. The fourth-order valence-corrected chi connectivity index (χ4v) is 4.10. The molecule has 0 aliphatic heterocycles. The minimum Gasteiger partial charge on any atom is -0.395 e. The van der Waals surface area contributed by atoms with Gasteiger partial charge in [-0.05, 0) is 35.0 Å². The van der Waals surface area contributed by atoms with E-state index in [9.17, 15) is 0 Å². The molecule has 0 fully saturated rings. The summed E-state index contributed by atoms with van der Waals surface area (Å²) < 4.78 is 1.13. The molecule has 0 aliphatic carbocycles. The van der Waals surface area contributed by atoms with Crippen LogP contribution in [-0.2, 0) is 0 Å². The second-order valence-corrected chi connectivity index (χ2v) is 7.63. The van der Waals surface area contributed by atoms with Crippen LogP contribution < -0.4 is 5.73 Å². The van der Waals surface area contributed by atoms with Crippen molar-refractivity contribution in [3.05, 3.63) is 20.8 Å². The van der Waals surface area contributed by atoms with E-state index in [-0.39, 0.29) is 23.1 Å². The molecule has 0 saturated heterocycles. The third-order valence-electron chi connectivity index (χ3n) is 1.99. The summed E-state index contributed by atoms with van der Waals surface area (Å²) in [5.41, 5.74) is 5.97. The first-order valence-electron chi connectivity index (χ1n) is 4.81. The Hall–Kier alpha value is 0.450. The number of aliphatic hydroxyl groups excluding tert-OH is 1. The quantitative estimate of drug-likeness (QED) is 0.879. The Labute approximate surface area is 107 Å². The van der Waals surface area contributed by atoms with Crippen LogP contribution in [-0.4, -0.2) is 23.0 Å². The van der Waals surface area contributed by atoms with Crippen molar-refractivity contribution in [3.63, 3.8) is 0 Å². The molecule has 0 spiro atoms. The summed E-state index contributed by atoms with van der Waals surface area (Å²) in [4.78, 5) is 1.27. The van der Waals surface area contributed by atoms with Crippen molar-refractivity contribution < 1.29 is 5.11 Å². The first-order valence-corrected chi connectivity index (χ1v) is 7.37. The number of halogens is 1. The maximum atomic E-state index is 9.05. The van der Waals surface area contributed by atoms with Gasteiger partial charge in [0.25, 0.3) is 0 Å². The van der Waals surface area contributed by atoms with Gasteiger partial charge in [-0.3, -0.25) is 0 Å². The maximum Gasteiger partial charge on any atom is 0.0701 e. The molecular formula is C10H16BrNOS2. The Balaban J connectivity index is 2.74. The lowest BCUT2D eigenvalue weighted by Gasteiger charge is -2.21. The molecule has 86 valence electrons. The number of thiophene rings is 1. The van der Waals surface area contributed by atoms with Gasteiger partial charge in [-0.1, -0.05) is 6.92 Å². The first-order chi connectivity index (χ1) is 7.04. The van der Waals surface area contributed by atoms with E-state index in [2.05, 4.69) is 22.0 Å². The Morgan fingerprint density at radius 2 is 2.20 bits per heavy atom. The molecule has 1 heterocycles. The van der Waals surface area contributed by atoms with Crippen LogP contribution in [0.2, 0.25) is 0 Å². The monoisotopic (exact) mass is 309 g/mol. The van der Waals surface area contributed by atoms with Crippen LogP contribution in [0.25, 0.3) is 0 Å². The number of rotatable bonds is 5. The zero-order valence-electron chi connectivity index (χ0n) is 8.81. The van der Waals surface area contributed by atoms with E-state index in [0.717, 1.165) is 3.79 Å². The van der Waals surface area contributed by atoms with Gasteiger partial charge < -0.3 is 10.8 Å². The molecule has 1 aromatic rings. The number of thioether (sulfide) groups is 1. The molecule has 5 heteroatoms. The Bertz CT molecular complexity index is 303. The standard InChI is InChI=1S/C10H16BrNOS2/c1-6(5-13)14-10(7(2)12)8-3-4-9(11)15-8/h3-4,6-7,10,13H,5,12H2,1-2H3. The lowest BCUT2D eigenvalue weighted by molar-refractivity contribution is 0.299. The van der Waals surface area contributed by atoms with Gasteiger partial charge in [0.2, 0.25) is 0 Å². The zero-order valence-corrected chi connectivity index (χ0v) is 12.0. The number of hydrogen-bond acceptors (Lipinski definition) is 4. The maximum absolute atomic E-state index is 9.05. The highest BCUT2D eigenvalue weighted by atomic mass is 79.9. The summed E-state index contributed by atoms with van der Waals surface area (Å²) in [6.07, 6.45) is 0. The second-order valence-electron chi connectivity index (χ2n) is 3.55. The SMILES string of the molecule is CC(CO)SC(c1ccc(Br)s1)C(C)N. The predicted molar refractivity (Wildman–Crippen MR) is 72.5 cm³/mol. The van der Waals surface area contributed by atoms with Crippen molar-refractivity contribution >= 4 is 39.0 Å². The largest absolute Gasteiger partial charge is 0.395 e. The second kappa shape index (κ2) is 6.25. The normalized spacial score (nSPS) is 17.4. The molecule has 3 atom stereocenters. The van der Waals surface area contributed by atoms with Crippen LogP contribution in [0, 0.1) is 0 Å². The van der Waals surface area contributed by atoms with Crippen LogP contribution in [0.4, 0.5) is 0 Å². The van der Waals surface area contributed by atoms with Crippen molar-refractivity contribution in [2.75, 3.05) is 6.61 Å². The molecule has 0 saturated carbocycles. The van der Waals surface area contributed by atoms with Gasteiger partial charge in [-0.2, -0.15) is 0 Å². The number of aliphatic hydroxyl groups is 1. The van der Waals surface area contributed by atoms with Gasteiger partial charge >= 0.3 is 0 Å². The smallest absolute Gasteiger partial charge is 0.0701 e. The van der Waals surface area contributed by atoms with E-state index in [1.807, 2.05) is 19.9 Å². The van der Waals surface area contributed by atoms with E-state index >= 15 is 0 Å². The summed E-state index contributed by atoms with van der Waals surface area (Å²) in [6, 6.07) is 4.23. The molecule has 2 nitrogen and oxygen atoms in total. The Kier molecular flexibility index (Phi) is 5.63. The lowest BCUT2D eigenvalue weighted by atomic mass is 10.2. The molecule has 0 amide bonds. The van der Waals surface area contributed by atoms with Crippen molar-refractivity contribution in [1.29, 1.82) is 0 Å². The van der Waals surface area contributed by atoms with Gasteiger partial charge in [-0.15, -0.1) is 23.1 Å². The van der Waals surface area contributed by atoms with Gasteiger partial charge in [0.05, 0.1) is 15.6 Å². The molecule has 0 bridgehead atoms. The highest BCUT2D eigenvalue weighted by Gasteiger charge is 2.21. The third kappa shape index (κ3) is 4.07. The molecule has 15 heavy (non-hydrogen) atoms. The zero-order chi connectivity index (χ0) is 11.4. The Morgan fingerprint density at radius 1 is 1.53 bits per heavy atom.